The second-order valence-electron chi connectivity index (χ2n) is 4.30. The van der Waals surface area contributed by atoms with Gasteiger partial charge in [-0.2, -0.15) is 0 Å². The van der Waals surface area contributed by atoms with E-state index in [0.29, 0.717) is 0 Å². The number of esters is 1. The third-order valence-corrected chi connectivity index (χ3v) is 2.17. The van der Waals surface area contributed by atoms with Gasteiger partial charge in [0, 0.05) is 25.9 Å². The summed E-state index contributed by atoms with van der Waals surface area (Å²) in [7, 11) is 3.98. The molecule has 0 fully saturated rings. The van der Waals surface area contributed by atoms with Crippen LogP contribution in [0.4, 0.5) is 5.69 Å². The Bertz CT molecular complexity index is 391. The van der Waals surface area contributed by atoms with Crippen LogP contribution in [0.5, 0.6) is 0 Å². The maximum atomic E-state index is 11.3. The fraction of sp³-hybridized carbons (Fsp3) is 0.357. The van der Waals surface area contributed by atoms with Crippen LogP contribution in [0.1, 0.15) is 19.4 Å². The van der Waals surface area contributed by atoms with Crippen molar-refractivity contribution in [1.82, 2.24) is 0 Å². The number of carbonyl (C=O) groups is 1. The van der Waals surface area contributed by atoms with E-state index in [2.05, 4.69) is 0 Å². The lowest BCUT2D eigenvalue weighted by molar-refractivity contribution is -0.141. The Kier molecular flexibility index (Phi) is 4.76. The molecule has 0 bridgehead atoms. The Balaban J connectivity index is 2.63. The molecule has 1 rings (SSSR count). The van der Waals surface area contributed by atoms with Crippen LogP contribution in [0.2, 0.25) is 0 Å². The smallest absolute Gasteiger partial charge is 0.331 e. The number of benzene rings is 1. The lowest BCUT2D eigenvalue weighted by Gasteiger charge is -2.11. The SMILES string of the molecule is CC(C)OC(=O)C=Cc1ccc(N(C)C)cc1. The van der Waals surface area contributed by atoms with E-state index in [0.717, 1.165) is 11.3 Å². The molecular formula is C14H19NO2. The third-order valence-electron chi connectivity index (χ3n) is 2.17. The summed E-state index contributed by atoms with van der Waals surface area (Å²) >= 11 is 0. The quantitative estimate of drug-likeness (QED) is 0.591. The highest BCUT2D eigenvalue weighted by Crippen LogP contribution is 2.13. The van der Waals surface area contributed by atoms with Gasteiger partial charge in [0.05, 0.1) is 6.10 Å². The van der Waals surface area contributed by atoms with E-state index in [1.54, 1.807) is 6.08 Å². The summed E-state index contributed by atoms with van der Waals surface area (Å²) in [6.45, 7) is 3.66. The standard InChI is InChI=1S/C14H19NO2/c1-11(2)17-14(16)10-7-12-5-8-13(9-6-12)15(3)4/h5-11H,1-4H3. The van der Waals surface area contributed by atoms with Crippen LogP contribution < -0.4 is 4.90 Å². The van der Waals surface area contributed by atoms with Gasteiger partial charge >= 0.3 is 5.97 Å². The number of carbonyl (C=O) groups excluding carboxylic acids is 1. The molecule has 92 valence electrons. The Hall–Kier alpha value is -1.77. The minimum atomic E-state index is -0.309. The topological polar surface area (TPSA) is 29.5 Å². The molecule has 0 atom stereocenters. The maximum absolute atomic E-state index is 11.3. The lowest BCUT2D eigenvalue weighted by atomic mass is 10.2. The Labute approximate surface area is 103 Å². The predicted octanol–water partition coefficient (Wildman–Crippen LogP) is 2.72. The highest BCUT2D eigenvalue weighted by Gasteiger charge is 2.00. The normalized spacial score (nSPS) is 10.9. The fourth-order valence-corrected chi connectivity index (χ4v) is 1.32. The zero-order chi connectivity index (χ0) is 12.8. The van der Waals surface area contributed by atoms with Crippen molar-refractivity contribution < 1.29 is 9.53 Å². The van der Waals surface area contributed by atoms with Crippen LogP contribution in [0.3, 0.4) is 0 Å². The fourth-order valence-electron chi connectivity index (χ4n) is 1.32. The molecule has 3 nitrogen and oxygen atoms in total. The van der Waals surface area contributed by atoms with Gasteiger partial charge in [0.2, 0.25) is 0 Å². The van der Waals surface area contributed by atoms with Gasteiger partial charge in [-0.3, -0.25) is 0 Å². The molecule has 0 aliphatic heterocycles. The van der Waals surface area contributed by atoms with Gasteiger partial charge in [0.25, 0.3) is 0 Å². The number of nitrogens with zero attached hydrogens (tertiary/aromatic N) is 1. The summed E-state index contributed by atoms with van der Waals surface area (Å²) in [4.78, 5) is 13.3. The van der Waals surface area contributed by atoms with Crippen molar-refractivity contribution in [1.29, 1.82) is 0 Å². The summed E-state index contributed by atoms with van der Waals surface area (Å²) in [6, 6.07) is 7.95. The molecule has 0 N–H and O–H groups in total. The van der Waals surface area contributed by atoms with Gasteiger partial charge in [-0.1, -0.05) is 12.1 Å². The summed E-state index contributed by atoms with van der Waals surface area (Å²) < 4.78 is 5.00. The first-order chi connectivity index (χ1) is 7.99. The molecule has 0 spiro atoms. The molecule has 0 aliphatic rings. The molecule has 0 unspecified atom stereocenters. The van der Waals surface area contributed by atoms with Crippen molar-refractivity contribution >= 4 is 17.7 Å². The summed E-state index contributed by atoms with van der Waals surface area (Å²) in [5.41, 5.74) is 2.11. The largest absolute Gasteiger partial charge is 0.460 e. The van der Waals surface area contributed by atoms with Crippen molar-refractivity contribution in [2.45, 2.75) is 20.0 Å². The number of anilines is 1. The third kappa shape index (κ3) is 4.72. The van der Waals surface area contributed by atoms with Gasteiger partial charge in [0.1, 0.15) is 0 Å². The Morgan fingerprint density at radius 1 is 1.24 bits per heavy atom. The molecular weight excluding hydrogens is 214 g/mol. The van der Waals surface area contributed by atoms with E-state index < -0.39 is 0 Å². The summed E-state index contributed by atoms with van der Waals surface area (Å²) in [6.07, 6.45) is 3.12. The van der Waals surface area contributed by atoms with E-state index >= 15 is 0 Å². The van der Waals surface area contributed by atoms with Crippen molar-refractivity contribution in [3.8, 4) is 0 Å². The van der Waals surface area contributed by atoms with Crippen LogP contribution in [0.25, 0.3) is 6.08 Å². The van der Waals surface area contributed by atoms with Gasteiger partial charge in [0.15, 0.2) is 0 Å². The molecule has 0 amide bonds. The zero-order valence-corrected chi connectivity index (χ0v) is 10.8. The Morgan fingerprint density at radius 3 is 2.29 bits per heavy atom. The Morgan fingerprint density at radius 2 is 1.82 bits per heavy atom. The van der Waals surface area contributed by atoms with E-state index in [9.17, 15) is 4.79 Å². The van der Waals surface area contributed by atoms with Gasteiger partial charge in [-0.15, -0.1) is 0 Å². The minimum Gasteiger partial charge on any atom is -0.460 e. The summed E-state index contributed by atoms with van der Waals surface area (Å²) in [5.74, 6) is -0.309. The molecule has 1 aromatic rings. The van der Waals surface area contributed by atoms with Crippen molar-refractivity contribution in [3.63, 3.8) is 0 Å². The van der Waals surface area contributed by atoms with Gasteiger partial charge in [-0.05, 0) is 37.6 Å². The van der Waals surface area contributed by atoms with E-state index in [4.69, 9.17) is 4.74 Å². The zero-order valence-electron chi connectivity index (χ0n) is 10.8. The van der Waals surface area contributed by atoms with Crippen LogP contribution >= 0.6 is 0 Å². The highest BCUT2D eigenvalue weighted by molar-refractivity contribution is 5.87. The molecule has 0 aromatic heterocycles. The average Bonchev–Trinajstić information content (AvgIpc) is 2.26. The number of rotatable bonds is 4. The number of hydrogen-bond donors (Lipinski definition) is 0. The van der Waals surface area contributed by atoms with E-state index in [1.165, 1.54) is 6.08 Å². The second kappa shape index (κ2) is 6.09. The first kappa shape index (κ1) is 13.3. The molecule has 0 radical (unpaired) electrons. The van der Waals surface area contributed by atoms with Crippen LogP contribution in [0.15, 0.2) is 30.3 Å². The van der Waals surface area contributed by atoms with Gasteiger partial charge in [-0.25, -0.2) is 4.79 Å². The van der Waals surface area contributed by atoms with Crippen molar-refractivity contribution in [2.24, 2.45) is 0 Å². The van der Waals surface area contributed by atoms with Gasteiger partial charge < -0.3 is 9.64 Å². The van der Waals surface area contributed by atoms with E-state index in [1.807, 2.05) is 57.1 Å². The minimum absolute atomic E-state index is 0.0803. The van der Waals surface area contributed by atoms with Crippen LogP contribution in [-0.4, -0.2) is 26.2 Å². The first-order valence-corrected chi connectivity index (χ1v) is 5.65. The second-order valence-corrected chi connectivity index (χ2v) is 4.30. The predicted molar refractivity (Wildman–Crippen MR) is 71.0 cm³/mol. The van der Waals surface area contributed by atoms with Crippen LogP contribution in [0, 0.1) is 0 Å². The van der Waals surface area contributed by atoms with Crippen molar-refractivity contribution in [2.75, 3.05) is 19.0 Å². The maximum Gasteiger partial charge on any atom is 0.331 e. The molecule has 0 aliphatic carbocycles. The van der Waals surface area contributed by atoms with Crippen LogP contribution in [-0.2, 0) is 9.53 Å². The molecule has 1 aromatic carbocycles. The first-order valence-electron chi connectivity index (χ1n) is 5.65. The molecule has 0 saturated heterocycles. The van der Waals surface area contributed by atoms with Crippen molar-refractivity contribution in [3.05, 3.63) is 35.9 Å². The lowest BCUT2D eigenvalue weighted by Crippen LogP contribution is -2.08. The molecule has 17 heavy (non-hydrogen) atoms. The average molecular weight is 233 g/mol. The molecule has 0 saturated carbocycles. The summed E-state index contributed by atoms with van der Waals surface area (Å²) in [5, 5.41) is 0. The molecule has 0 heterocycles. The monoisotopic (exact) mass is 233 g/mol. The highest BCUT2D eigenvalue weighted by atomic mass is 16.5. The van der Waals surface area contributed by atoms with E-state index in [-0.39, 0.29) is 12.1 Å². The molecule has 3 heteroatoms. The number of hydrogen-bond acceptors (Lipinski definition) is 3. The number of ether oxygens (including phenoxy) is 1.